The van der Waals surface area contributed by atoms with E-state index in [0.29, 0.717) is 11.8 Å². The molecular weight excluding hydrogens is 213 g/mol. The molecule has 0 spiro atoms. The largest absolute Gasteiger partial charge is 0.317 e. The van der Waals surface area contributed by atoms with Crippen molar-refractivity contribution in [3.8, 4) is 0 Å². The Labute approximate surface area is 103 Å². The van der Waals surface area contributed by atoms with Gasteiger partial charge in [0.1, 0.15) is 5.82 Å². The molecule has 1 aliphatic rings. The van der Waals surface area contributed by atoms with E-state index in [1.807, 2.05) is 19.1 Å². The van der Waals surface area contributed by atoms with Crippen molar-refractivity contribution in [3.05, 3.63) is 35.1 Å². The first kappa shape index (κ1) is 12.6. The lowest BCUT2D eigenvalue weighted by Crippen LogP contribution is -2.17. The van der Waals surface area contributed by atoms with Crippen molar-refractivity contribution in [2.45, 2.75) is 33.6 Å². The zero-order valence-corrected chi connectivity index (χ0v) is 11.2. The Morgan fingerprint density at radius 3 is 2.71 bits per heavy atom. The van der Waals surface area contributed by atoms with Crippen LogP contribution in [-0.4, -0.2) is 13.1 Å². The average molecular weight is 235 g/mol. The smallest absolute Gasteiger partial charge is 0.126 e. The van der Waals surface area contributed by atoms with Crippen LogP contribution >= 0.6 is 0 Å². The zero-order valence-electron chi connectivity index (χ0n) is 11.2. The van der Waals surface area contributed by atoms with Crippen LogP contribution in [0.4, 0.5) is 4.39 Å². The van der Waals surface area contributed by atoms with Gasteiger partial charge in [0.25, 0.3) is 0 Å². The third kappa shape index (κ3) is 2.23. The van der Waals surface area contributed by atoms with Gasteiger partial charge in [-0.3, -0.25) is 0 Å². The first-order chi connectivity index (χ1) is 7.98. The summed E-state index contributed by atoms with van der Waals surface area (Å²) in [6.07, 6.45) is 0. The second kappa shape index (κ2) is 4.41. The second-order valence-electron chi connectivity index (χ2n) is 5.74. The molecule has 94 valence electrons. The topological polar surface area (TPSA) is 12.0 Å². The van der Waals surface area contributed by atoms with Gasteiger partial charge in [-0.1, -0.05) is 38.5 Å². The van der Waals surface area contributed by atoms with Gasteiger partial charge < -0.3 is 5.32 Å². The molecule has 0 heterocycles. The number of benzene rings is 1. The minimum atomic E-state index is -0.0485. The fraction of sp³-hybridized carbons (Fsp3) is 0.600. The van der Waals surface area contributed by atoms with E-state index in [4.69, 9.17) is 0 Å². The van der Waals surface area contributed by atoms with Gasteiger partial charge in [-0.25, -0.2) is 4.39 Å². The van der Waals surface area contributed by atoms with Crippen LogP contribution in [0.15, 0.2) is 18.2 Å². The standard InChI is InChI=1S/C15H22FN/c1-5-17-9-12-14(15(12,3)4)11-8-10(2)6-7-13(11)16/h6-8,12,14,17H,5,9H2,1-4H3. The first-order valence-electron chi connectivity index (χ1n) is 6.45. The van der Waals surface area contributed by atoms with Crippen LogP contribution in [0, 0.1) is 24.1 Å². The minimum absolute atomic E-state index is 0.0485. The quantitative estimate of drug-likeness (QED) is 0.842. The van der Waals surface area contributed by atoms with Gasteiger partial charge in [0.2, 0.25) is 0 Å². The molecule has 0 saturated heterocycles. The molecule has 1 N–H and O–H groups in total. The highest BCUT2D eigenvalue weighted by molar-refractivity contribution is 5.35. The summed E-state index contributed by atoms with van der Waals surface area (Å²) in [4.78, 5) is 0. The van der Waals surface area contributed by atoms with E-state index in [-0.39, 0.29) is 11.2 Å². The maximum absolute atomic E-state index is 13.9. The molecule has 0 aliphatic heterocycles. The molecule has 1 saturated carbocycles. The number of rotatable bonds is 4. The van der Waals surface area contributed by atoms with E-state index in [1.165, 1.54) is 0 Å². The van der Waals surface area contributed by atoms with Crippen LogP contribution < -0.4 is 5.32 Å². The lowest BCUT2D eigenvalue weighted by molar-refractivity contribution is 0.523. The predicted octanol–water partition coefficient (Wildman–Crippen LogP) is 3.48. The highest BCUT2D eigenvalue weighted by atomic mass is 19.1. The summed E-state index contributed by atoms with van der Waals surface area (Å²) >= 11 is 0. The van der Waals surface area contributed by atoms with Gasteiger partial charge in [0, 0.05) is 0 Å². The summed E-state index contributed by atoms with van der Waals surface area (Å²) in [7, 11) is 0. The Kier molecular flexibility index (Phi) is 3.26. The molecule has 1 aromatic carbocycles. The van der Waals surface area contributed by atoms with E-state index >= 15 is 0 Å². The van der Waals surface area contributed by atoms with Gasteiger partial charge in [0.05, 0.1) is 0 Å². The lowest BCUT2D eigenvalue weighted by Gasteiger charge is -2.05. The summed E-state index contributed by atoms with van der Waals surface area (Å²) in [5.74, 6) is 0.868. The maximum atomic E-state index is 13.9. The van der Waals surface area contributed by atoms with Gasteiger partial charge in [-0.2, -0.15) is 0 Å². The summed E-state index contributed by atoms with van der Waals surface area (Å²) < 4.78 is 13.9. The highest BCUT2D eigenvalue weighted by Crippen LogP contribution is 2.64. The SMILES string of the molecule is CCNCC1C(c2cc(C)ccc2F)C1(C)C. The fourth-order valence-corrected chi connectivity index (χ4v) is 2.94. The molecule has 2 heteroatoms. The Bertz CT molecular complexity index is 411. The van der Waals surface area contributed by atoms with E-state index in [9.17, 15) is 4.39 Å². The second-order valence-corrected chi connectivity index (χ2v) is 5.74. The van der Waals surface area contributed by atoms with Crippen LogP contribution in [0.25, 0.3) is 0 Å². The molecular formula is C15H22FN. The third-order valence-corrected chi connectivity index (χ3v) is 4.15. The van der Waals surface area contributed by atoms with Gasteiger partial charge in [-0.15, -0.1) is 0 Å². The maximum Gasteiger partial charge on any atom is 0.126 e. The summed E-state index contributed by atoms with van der Waals surface area (Å²) in [5, 5.41) is 3.38. The van der Waals surface area contributed by atoms with E-state index < -0.39 is 0 Å². The van der Waals surface area contributed by atoms with Crippen LogP contribution in [0.3, 0.4) is 0 Å². The van der Waals surface area contributed by atoms with E-state index in [1.54, 1.807) is 6.07 Å². The molecule has 1 nitrogen and oxygen atoms in total. The Hall–Kier alpha value is -0.890. The van der Waals surface area contributed by atoms with Crippen molar-refractivity contribution in [2.24, 2.45) is 11.3 Å². The van der Waals surface area contributed by atoms with Crippen molar-refractivity contribution in [1.82, 2.24) is 5.32 Å². The summed E-state index contributed by atoms with van der Waals surface area (Å²) in [6.45, 7) is 10.6. The summed E-state index contributed by atoms with van der Waals surface area (Å²) in [5.41, 5.74) is 2.26. The molecule has 17 heavy (non-hydrogen) atoms. The van der Waals surface area contributed by atoms with Gasteiger partial charge >= 0.3 is 0 Å². The zero-order chi connectivity index (χ0) is 12.6. The van der Waals surface area contributed by atoms with Crippen LogP contribution in [0.5, 0.6) is 0 Å². The number of aryl methyl sites for hydroxylation is 1. The molecule has 0 bridgehead atoms. The Balaban J connectivity index is 2.20. The normalized spacial score (nSPS) is 25.9. The number of hydrogen-bond donors (Lipinski definition) is 1. The monoisotopic (exact) mass is 235 g/mol. The summed E-state index contributed by atoms with van der Waals surface area (Å²) in [6, 6.07) is 5.45. The number of halogens is 1. The molecule has 1 aromatic rings. The molecule has 0 amide bonds. The molecule has 0 aromatic heterocycles. The number of hydrogen-bond acceptors (Lipinski definition) is 1. The van der Waals surface area contributed by atoms with Crippen molar-refractivity contribution < 1.29 is 4.39 Å². The molecule has 2 rings (SSSR count). The first-order valence-corrected chi connectivity index (χ1v) is 6.45. The Morgan fingerprint density at radius 2 is 2.06 bits per heavy atom. The van der Waals surface area contributed by atoms with E-state index in [2.05, 4.69) is 26.1 Å². The average Bonchev–Trinajstić information content (AvgIpc) is 2.81. The van der Waals surface area contributed by atoms with Crippen LogP contribution in [0.1, 0.15) is 37.8 Å². The molecule has 2 atom stereocenters. The highest BCUT2D eigenvalue weighted by Gasteiger charge is 2.58. The minimum Gasteiger partial charge on any atom is -0.317 e. The van der Waals surface area contributed by atoms with Crippen LogP contribution in [0.2, 0.25) is 0 Å². The molecule has 1 aliphatic carbocycles. The third-order valence-electron chi connectivity index (χ3n) is 4.15. The van der Waals surface area contributed by atoms with Gasteiger partial charge in [0.15, 0.2) is 0 Å². The van der Waals surface area contributed by atoms with Gasteiger partial charge in [-0.05, 0) is 48.9 Å². The van der Waals surface area contributed by atoms with E-state index in [0.717, 1.165) is 24.2 Å². The Morgan fingerprint density at radius 1 is 1.35 bits per heavy atom. The number of nitrogens with one attached hydrogen (secondary N) is 1. The lowest BCUT2D eigenvalue weighted by atomic mass is 10.0. The predicted molar refractivity (Wildman–Crippen MR) is 69.7 cm³/mol. The van der Waals surface area contributed by atoms with Crippen molar-refractivity contribution >= 4 is 0 Å². The van der Waals surface area contributed by atoms with Crippen molar-refractivity contribution in [1.29, 1.82) is 0 Å². The molecule has 0 radical (unpaired) electrons. The molecule has 2 unspecified atom stereocenters. The fourth-order valence-electron chi connectivity index (χ4n) is 2.94. The molecule has 1 fully saturated rings. The van der Waals surface area contributed by atoms with Crippen LogP contribution in [-0.2, 0) is 0 Å². The van der Waals surface area contributed by atoms with Crippen molar-refractivity contribution in [3.63, 3.8) is 0 Å². The van der Waals surface area contributed by atoms with Crippen molar-refractivity contribution in [2.75, 3.05) is 13.1 Å².